The Hall–Kier alpha value is -2.55. The number of aromatic amines is 1. The maximum absolute atomic E-state index is 12.2. The van der Waals surface area contributed by atoms with E-state index >= 15 is 0 Å². The number of pyridine rings is 1. The van der Waals surface area contributed by atoms with Crippen molar-refractivity contribution in [3.05, 3.63) is 45.5 Å². The maximum Gasteiger partial charge on any atom is 0.327 e. The minimum atomic E-state index is -0.437. The van der Waals surface area contributed by atoms with Crippen molar-refractivity contribution >= 4 is 29.5 Å². The van der Waals surface area contributed by atoms with Crippen molar-refractivity contribution in [3.63, 3.8) is 0 Å². The molecule has 3 rings (SSSR count). The Morgan fingerprint density at radius 2 is 2.28 bits per heavy atom. The normalized spacial score (nSPS) is 16.7. The molecule has 132 valence electrons. The summed E-state index contributed by atoms with van der Waals surface area (Å²) in [6.07, 6.45) is 1.56. The van der Waals surface area contributed by atoms with Crippen molar-refractivity contribution in [2.75, 3.05) is 17.7 Å². The lowest BCUT2D eigenvalue weighted by Crippen LogP contribution is -2.20. The minimum absolute atomic E-state index is 0.104. The van der Waals surface area contributed by atoms with Gasteiger partial charge in [0.1, 0.15) is 12.4 Å². The van der Waals surface area contributed by atoms with Crippen LogP contribution < -0.4 is 10.9 Å². The highest BCUT2D eigenvalue weighted by Crippen LogP contribution is 2.41. The quantitative estimate of drug-likeness (QED) is 0.792. The number of thioether (sulfide) groups is 1. The van der Waals surface area contributed by atoms with Crippen LogP contribution in [0.5, 0.6) is 0 Å². The Bertz CT molecular complexity index is 873. The number of ether oxygens (including phenoxy) is 1. The summed E-state index contributed by atoms with van der Waals surface area (Å²) in [5, 5.41) is 6.82. The molecule has 3 heterocycles. The van der Waals surface area contributed by atoms with Gasteiger partial charge in [0.05, 0.1) is 23.3 Å². The number of anilines is 1. The van der Waals surface area contributed by atoms with Gasteiger partial charge in [0, 0.05) is 17.3 Å². The van der Waals surface area contributed by atoms with Crippen molar-refractivity contribution in [1.29, 1.82) is 0 Å². The van der Waals surface area contributed by atoms with Gasteiger partial charge in [0.25, 0.3) is 5.56 Å². The molecule has 1 amide bonds. The highest BCUT2D eigenvalue weighted by Gasteiger charge is 2.31. The van der Waals surface area contributed by atoms with Crippen LogP contribution in [-0.4, -0.2) is 39.0 Å². The van der Waals surface area contributed by atoms with E-state index in [9.17, 15) is 14.4 Å². The Labute approximate surface area is 148 Å². The summed E-state index contributed by atoms with van der Waals surface area (Å²) in [4.78, 5) is 38.8. The molecule has 0 radical (unpaired) electrons. The molecule has 0 aromatic carbocycles. The van der Waals surface area contributed by atoms with E-state index in [-0.39, 0.29) is 35.6 Å². The number of H-pyrrole nitrogens is 1. The van der Waals surface area contributed by atoms with E-state index in [0.717, 1.165) is 5.56 Å². The van der Waals surface area contributed by atoms with Crippen molar-refractivity contribution in [3.8, 4) is 0 Å². The lowest BCUT2D eigenvalue weighted by atomic mass is 10.1. The number of esters is 1. The highest BCUT2D eigenvalue weighted by molar-refractivity contribution is 8.00. The molecule has 1 aliphatic heterocycles. The van der Waals surface area contributed by atoms with E-state index < -0.39 is 5.97 Å². The van der Waals surface area contributed by atoms with Gasteiger partial charge in [-0.2, -0.15) is 5.10 Å². The standard InChI is InChI=1S/C16H18N4O4S/c1-3-24-12(22)7-20-15-13(9(2)19-20)14(25-8-11(21)18-15)10-5-4-6-17-16(10)23/h4-6,14H,3,7-8H2,1-2H3,(H,17,23)(H,18,21). The van der Waals surface area contributed by atoms with Crippen LogP contribution in [0.3, 0.4) is 0 Å². The molecular formula is C16H18N4O4S. The molecule has 0 bridgehead atoms. The van der Waals surface area contributed by atoms with E-state index in [0.29, 0.717) is 17.1 Å². The first-order chi connectivity index (χ1) is 12.0. The fraction of sp³-hybridized carbons (Fsp3) is 0.375. The Morgan fingerprint density at radius 3 is 3.00 bits per heavy atom. The van der Waals surface area contributed by atoms with Crippen molar-refractivity contribution in [2.24, 2.45) is 0 Å². The molecule has 0 fully saturated rings. The monoisotopic (exact) mass is 362 g/mol. The number of aryl methyl sites for hydroxylation is 1. The summed E-state index contributed by atoms with van der Waals surface area (Å²) in [7, 11) is 0. The second-order valence-corrected chi connectivity index (χ2v) is 6.60. The summed E-state index contributed by atoms with van der Waals surface area (Å²) < 4.78 is 6.39. The second kappa shape index (κ2) is 7.14. The fourth-order valence-corrected chi connectivity index (χ4v) is 3.99. The molecule has 0 saturated carbocycles. The van der Waals surface area contributed by atoms with Gasteiger partial charge in [-0.25, -0.2) is 4.68 Å². The van der Waals surface area contributed by atoms with Crippen LogP contribution in [0.1, 0.15) is 29.0 Å². The number of carbonyl (C=O) groups is 2. The molecule has 9 heteroatoms. The third kappa shape index (κ3) is 3.46. The van der Waals surface area contributed by atoms with Crippen LogP contribution in [-0.2, 0) is 20.9 Å². The summed E-state index contributed by atoms with van der Waals surface area (Å²) >= 11 is 1.36. The molecule has 2 aromatic rings. The zero-order valence-corrected chi connectivity index (χ0v) is 14.7. The number of hydrogen-bond acceptors (Lipinski definition) is 6. The number of rotatable bonds is 4. The van der Waals surface area contributed by atoms with E-state index in [1.807, 2.05) is 0 Å². The number of hydrogen-bond donors (Lipinski definition) is 2. The van der Waals surface area contributed by atoms with Gasteiger partial charge in [-0.3, -0.25) is 14.4 Å². The van der Waals surface area contributed by atoms with Gasteiger partial charge in [-0.1, -0.05) is 6.07 Å². The maximum atomic E-state index is 12.2. The number of fused-ring (bicyclic) bond motifs is 1. The molecule has 1 aliphatic rings. The van der Waals surface area contributed by atoms with Gasteiger partial charge in [-0.15, -0.1) is 11.8 Å². The van der Waals surface area contributed by atoms with E-state index in [1.165, 1.54) is 16.4 Å². The molecule has 25 heavy (non-hydrogen) atoms. The Kier molecular flexibility index (Phi) is 4.93. The van der Waals surface area contributed by atoms with Gasteiger partial charge < -0.3 is 15.0 Å². The molecule has 2 aromatic heterocycles. The first-order valence-corrected chi connectivity index (χ1v) is 8.88. The predicted molar refractivity (Wildman–Crippen MR) is 93.6 cm³/mol. The number of nitrogens with zero attached hydrogens (tertiary/aromatic N) is 2. The van der Waals surface area contributed by atoms with Crippen LogP contribution in [0, 0.1) is 6.92 Å². The van der Waals surface area contributed by atoms with Crippen LogP contribution in [0.25, 0.3) is 0 Å². The van der Waals surface area contributed by atoms with Crippen LogP contribution in [0.4, 0.5) is 5.82 Å². The average Bonchev–Trinajstić information content (AvgIpc) is 2.75. The lowest BCUT2D eigenvalue weighted by Gasteiger charge is -2.14. The molecule has 2 N–H and O–H groups in total. The molecule has 1 atom stereocenters. The first-order valence-electron chi connectivity index (χ1n) is 7.83. The fourth-order valence-electron chi connectivity index (χ4n) is 2.78. The van der Waals surface area contributed by atoms with Gasteiger partial charge in [0.2, 0.25) is 5.91 Å². The van der Waals surface area contributed by atoms with Gasteiger partial charge in [-0.05, 0) is 19.9 Å². The lowest BCUT2D eigenvalue weighted by molar-refractivity contribution is -0.144. The minimum Gasteiger partial charge on any atom is -0.465 e. The predicted octanol–water partition coefficient (Wildman–Crippen LogP) is 1.22. The smallest absolute Gasteiger partial charge is 0.327 e. The molecular weight excluding hydrogens is 344 g/mol. The van der Waals surface area contributed by atoms with Crippen LogP contribution in [0.2, 0.25) is 0 Å². The SMILES string of the molecule is CCOC(=O)Cn1nc(C)c2c1NC(=O)CSC2c1ccc[nH]c1=O. The highest BCUT2D eigenvalue weighted by atomic mass is 32.2. The van der Waals surface area contributed by atoms with E-state index in [2.05, 4.69) is 15.4 Å². The van der Waals surface area contributed by atoms with Crippen molar-refractivity contribution < 1.29 is 14.3 Å². The van der Waals surface area contributed by atoms with E-state index in [4.69, 9.17) is 4.74 Å². The molecule has 0 aliphatic carbocycles. The summed E-state index contributed by atoms with van der Waals surface area (Å²) in [5.74, 6) is -0.0000226. The van der Waals surface area contributed by atoms with Crippen LogP contribution >= 0.6 is 11.8 Å². The van der Waals surface area contributed by atoms with Crippen molar-refractivity contribution in [2.45, 2.75) is 25.6 Å². The second-order valence-electron chi connectivity index (χ2n) is 5.50. The van der Waals surface area contributed by atoms with Gasteiger partial charge in [0.15, 0.2) is 0 Å². The molecule has 1 unspecified atom stereocenters. The molecule has 0 saturated heterocycles. The third-order valence-electron chi connectivity index (χ3n) is 3.79. The Balaban J connectivity index is 2.08. The molecule has 0 spiro atoms. The number of carbonyl (C=O) groups excluding carboxylic acids is 2. The first kappa shape index (κ1) is 17.3. The number of nitrogens with one attached hydrogen (secondary N) is 2. The zero-order chi connectivity index (χ0) is 18.0. The topological polar surface area (TPSA) is 106 Å². The summed E-state index contributed by atoms with van der Waals surface area (Å²) in [6, 6.07) is 3.48. The third-order valence-corrected chi connectivity index (χ3v) is 5.04. The summed E-state index contributed by atoms with van der Waals surface area (Å²) in [6.45, 7) is 3.68. The van der Waals surface area contributed by atoms with Crippen LogP contribution in [0.15, 0.2) is 23.1 Å². The van der Waals surface area contributed by atoms with Crippen molar-refractivity contribution in [1.82, 2.24) is 14.8 Å². The Morgan fingerprint density at radius 1 is 1.48 bits per heavy atom. The summed E-state index contributed by atoms with van der Waals surface area (Å²) in [5.41, 5.74) is 1.72. The largest absolute Gasteiger partial charge is 0.465 e. The number of amides is 1. The average molecular weight is 362 g/mol. The zero-order valence-electron chi connectivity index (χ0n) is 13.9. The van der Waals surface area contributed by atoms with Gasteiger partial charge >= 0.3 is 5.97 Å². The van der Waals surface area contributed by atoms with E-state index in [1.54, 1.807) is 32.2 Å². The number of aromatic nitrogens is 3. The molecule has 8 nitrogen and oxygen atoms in total.